The van der Waals surface area contributed by atoms with Gasteiger partial charge in [-0.25, -0.2) is 4.79 Å². The zero-order chi connectivity index (χ0) is 9.56. The molecule has 0 amide bonds. The molecular formula is C8H11NO3. The van der Waals surface area contributed by atoms with Crippen LogP contribution in [-0.2, 0) is 9.59 Å². The molecule has 0 heterocycles. The Morgan fingerprint density at radius 2 is 2.00 bits per heavy atom. The average molecular weight is 169 g/mol. The van der Waals surface area contributed by atoms with Gasteiger partial charge in [0.05, 0.1) is 5.57 Å². The molecule has 0 rings (SSSR count). The van der Waals surface area contributed by atoms with Gasteiger partial charge < -0.3 is 10.8 Å². The number of ketones is 1. The fourth-order valence-electron chi connectivity index (χ4n) is 0.561. The van der Waals surface area contributed by atoms with Crippen molar-refractivity contribution in [2.75, 3.05) is 6.54 Å². The van der Waals surface area contributed by atoms with Crippen LogP contribution in [0.2, 0.25) is 0 Å². The Balaban J connectivity index is 4.45. The molecule has 3 N–H and O–H groups in total. The van der Waals surface area contributed by atoms with Crippen LogP contribution in [-0.4, -0.2) is 23.4 Å². The van der Waals surface area contributed by atoms with Crippen LogP contribution in [0.5, 0.6) is 0 Å². The summed E-state index contributed by atoms with van der Waals surface area (Å²) in [6.07, 6.45) is 3.76. The summed E-state index contributed by atoms with van der Waals surface area (Å²) in [6.45, 7) is 1.49. The lowest BCUT2D eigenvalue weighted by atomic mass is 10.2. The van der Waals surface area contributed by atoms with Crippen molar-refractivity contribution in [2.24, 2.45) is 5.73 Å². The highest BCUT2D eigenvalue weighted by atomic mass is 16.4. The van der Waals surface area contributed by atoms with Crippen LogP contribution in [0.1, 0.15) is 6.92 Å². The Labute approximate surface area is 70.4 Å². The first-order valence-corrected chi connectivity index (χ1v) is 3.40. The Morgan fingerprint density at radius 3 is 2.33 bits per heavy atom. The van der Waals surface area contributed by atoms with Crippen LogP contribution in [0, 0.1) is 0 Å². The second-order valence-electron chi connectivity index (χ2n) is 2.14. The van der Waals surface area contributed by atoms with Crippen molar-refractivity contribution in [2.45, 2.75) is 6.92 Å². The predicted molar refractivity (Wildman–Crippen MR) is 44.6 cm³/mol. The first-order valence-electron chi connectivity index (χ1n) is 3.40. The van der Waals surface area contributed by atoms with E-state index in [2.05, 4.69) is 0 Å². The summed E-state index contributed by atoms with van der Waals surface area (Å²) in [5, 5.41) is 8.53. The van der Waals surface area contributed by atoms with Crippen LogP contribution in [0.25, 0.3) is 0 Å². The number of carboxylic acids is 1. The molecule has 4 nitrogen and oxygen atoms in total. The second kappa shape index (κ2) is 5.26. The monoisotopic (exact) mass is 169 g/mol. The van der Waals surface area contributed by atoms with Gasteiger partial charge in [-0.2, -0.15) is 0 Å². The highest BCUT2D eigenvalue weighted by Gasteiger charge is 2.00. The third-order valence-corrected chi connectivity index (χ3v) is 1.08. The van der Waals surface area contributed by atoms with E-state index in [0.717, 1.165) is 0 Å². The second-order valence-corrected chi connectivity index (χ2v) is 2.14. The lowest BCUT2D eigenvalue weighted by Crippen LogP contribution is -2.03. The predicted octanol–water partition coefficient (Wildman–Crippen LogP) is 0.101. The molecule has 4 heteroatoms. The minimum atomic E-state index is -1.09. The normalized spacial score (nSPS) is 12.0. The van der Waals surface area contributed by atoms with Gasteiger partial charge in [0.15, 0.2) is 5.78 Å². The van der Waals surface area contributed by atoms with Crippen LogP contribution < -0.4 is 5.73 Å². The summed E-state index contributed by atoms with van der Waals surface area (Å²) in [5.41, 5.74) is 5.15. The molecule has 0 aliphatic rings. The maximum absolute atomic E-state index is 10.4. The molecule has 0 aliphatic carbocycles. The van der Waals surface area contributed by atoms with Crippen LogP contribution in [0.4, 0.5) is 0 Å². The minimum Gasteiger partial charge on any atom is -0.478 e. The zero-order valence-electron chi connectivity index (χ0n) is 6.78. The summed E-state index contributed by atoms with van der Waals surface area (Å²) in [5.74, 6) is -1.28. The van der Waals surface area contributed by atoms with Gasteiger partial charge in [-0.1, -0.05) is 6.08 Å². The van der Waals surface area contributed by atoms with Crippen LogP contribution >= 0.6 is 0 Å². The molecule has 66 valence electrons. The summed E-state index contributed by atoms with van der Waals surface area (Å²) in [6, 6.07) is 0. The average Bonchev–Trinajstić information content (AvgIpc) is 1.96. The Kier molecular flexibility index (Phi) is 4.64. The highest BCUT2D eigenvalue weighted by Crippen LogP contribution is 1.96. The molecule has 0 saturated carbocycles. The van der Waals surface area contributed by atoms with E-state index >= 15 is 0 Å². The third kappa shape index (κ3) is 4.40. The van der Waals surface area contributed by atoms with E-state index < -0.39 is 5.97 Å². The standard InChI is InChI=1S/C8H11NO3/c1-6(10)2-3-7(4-5-9)8(11)12/h2-4H,5,9H2,1H3,(H,11,12). The number of aliphatic carboxylic acids is 1. The molecule has 0 radical (unpaired) electrons. The number of allylic oxidation sites excluding steroid dienone is 1. The number of hydrogen-bond acceptors (Lipinski definition) is 3. The molecule has 0 bridgehead atoms. The van der Waals surface area contributed by atoms with Crippen molar-refractivity contribution in [3.63, 3.8) is 0 Å². The van der Waals surface area contributed by atoms with Gasteiger partial charge in [-0.3, -0.25) is 4.79 Å². The molecule has 0 spiro atoms. The van der Waals surface area contributed by atoms with Crippen molar-refractivity contribution < 1.29 is 14.7 Å². The van der Waals surface area contributed by atoms with E-state index in [0.29, 0.717) is 0 Å². The molecular weight excluding hydrogens is 158 g/mol. The first kappa shape index (κ1) is 10.6. The molecule has 0 saturated heterocycles. The number of nitrogens with two attached hydrogens (primary N) is 1. The van der Waals surface area contributed by atoms with Crippen molar-refractivity contribution in [3.8, 4) is 0 Å². The minimum absolute atomic E-state index is 0.0349. The molecule has 0 fully saturated rings. The third-order valence-electron chi connectivity index (χ3n) is 1.08. The SMILES string of the molecule is CC(=O)C=CC(=CCN)C(=O)O. The van der Waals surface area contributed by atoms with E-state index in [-0.39, 0.29) is 17.9 Å². The number of carbonyl (C=O) groups excluding carboxylic acids is 1. The first-order chi connectivity index (χ1) is 5.57. The topological polar surface area (TPSA) is 80.4 Å². The van der Waals surface area contributed by atoms with Gasteiger partial charge >= 0.3 is 5.97 Å². The number of carboxylic acid groups (broad SMARTS) is 1. The van der Waals surface area contributed by atoms with Crippen molar-refractivity contribution in [3.05, 3.63) is 23.8 Å². The summed E-state index contributed by atoms with van der Waals surface area (Å²) >= 11 is 0. The molecule has 0 aromatic rings. The molecule has 0 unspecified atom stereocenters. The summed E-state index contributed by atoms with van der Waals surface area (Å²) in [7, 11) is 0. The maximum atomic E-state index is 10.4. The fraction of sp³-hybridized carbons (Fsp3) is 0.250. The molecule has 0 atom stereocenters. The van der Waals surface area contributed by atoms with E-state index in [9.17, 15) is 9.59 Å². The Morgan fingerprint density at radius 1 is 1.42 bits per heavy atom. The quantitative estimate of drug-likeness (QED) is 0.462. The smallest absolute Gasteiger partial charge is 0.335 e. The number of hydrogen-bond donors (Lipinski definition) is 2. The van der Waals surface area contributed by atoms with Crippen molar-refractivity contribution in [1.29, 1.82) is 0 Å². The lowest BCUT2D eigenvalue weighted by Gasteiger charge is -1.91. The lowest BCUT2D eigenvalue weighted by molar-refractivity contribution is -0.132. The molecule has 0 aromatic carbocycles. The summed E-state index contributed by atoms with van der Waals surface area (Å²) in [4.78, 5) is 20.9. The van der Waals surface area contributed by atoms with Gasteiger partial charge in [0, 0.05) is 6.54 Å². The van der Waals surface area contributed by atoms with Gasteiger partial charge in [-0.05, 0) is 19.1 Å². The Hall–Kier alpha value is -1.42. The van der Waals surface area contributed by atoms with Gasteiger partial charge in [-0.15, -0.1) is 0 Å². The van der Waals surface area contributed by atoms with Crippen LogP contribution in [0.15, 0.2) is 23.8 Å². The van der Waals surface area contributed by atoms with E-state index in [4.69, 9.17) is 10.8 Å². The zero-order valence-corrected chi connectivity index (χ0v) is 6.78. The van der Waals surface area contributed by atoms with Crippen LogP contribution in [0.3, 0.4) is 0 Å². The molecule has 0 aliphatic heterocycles. The van der Waals surface area contributed by atoms with Gasteiger partial charge in [0.2, 0.25) is 0 Å². The van der Waals surface area contributed by atoms with Crippen molar-refractivity contribution >= 4 is 11.8 Å². The molecule has 0 aromatic heterocycles. The number of rotatable bonds is 4. The molecule has 12 heavy (non-hydrogen) atoms. The van der Waals surface area contributed by atoms with Crippen molar-refractivity contribution in [1.82, 2.24) is 0 Å². The van der Waals surface area contributed by atoms with Gasteiger partial charge in [0.1, 0.15) is 0 Å². The van der Waals surface area contributed by atoms with E-state index in [1.807, 2.05) is 0 Å². The summed E-state index contributed by atoms with van der Waals surface area (Å²) < 4.78 is 0. The largest absolute Gasteiger partial charge is 0.478 e. The Bertz CT molecular complexity index is 241. The fourth-order valence-corrected chi connectivity index (χ4v) is 0.561. The maximum Gasteiger partial charge on any atom is 0.335 e. The highest BCUT2D eigenvalue weighted by molar-refractivity contribution is 5.94. The van der Waals surface area contributed by atoms with Gasteiger partial charge in [0.25, 0.3) is 0 Å². The van der Waals surface area contributed by atoms with E-state index in [1.54, 1.807) is 0 Å². The number of carbonyl (C=O) groups is 2. The van der Waals surface area contributed by atoms with E-state index in [1.165, 1.54) is 25.2 Å².